The van der Waals surface area contributed by atoms with Crippen LogP contribution in [0.2, 0.25) is 0 Å². The normalized spacial score (nSPS) is 16.1. The highest BCUT2D eigenvalue weighted by molar-refractivity contribution is 8.00. The van der Waals surface area contributed by atoms with E-state index in [1.54, 1.807) is 6.92 Å². The SMILES string of the molecule is CCOC(=O)[C@@H](Nc1ccc(CNC(=O)[C@H]2SCCN2C(=O)C[C@H](N)Cc2cc(F)c(F)cc2F)cc1)C(C)C.Cl. The van der Waals surface area contributed by atoms with Crippen molar-refractivity contribution in [2.24, 2.45) is 11.7 Å². The number of ether oxygens (including phenoxy) is 1. The molecule has 226 valence electrons. The lowest BCUT2D eigenvalue weighted by molar-refractivity contribution is -0.145. The summed E-state index contributed by atoms with van der Waals surface area (Å²) in [6.07, 6.45) is -0.338. The number of rotatable bonds is 12. The number of esters is 1. The van der Waals surface area contributed by atoms with Crippen molar-refractivity contribution < 1.29 is 32.3 Å². The zero-order chi connectivity index (χ0) is 29.4. The molecule has 0 bridgehead atoms. The van der Waals surface area contributed by atoms with E-state index in [-0.39, 0.29) is 61.1 Å². The second kappa shape index (κ2) is 15.9. The van der Waals surface area contributed by atoms with E-state index in [1.807, 2.05) is 38.1 Å². The lowest BCUT2D eigenvalue weighted by atomic mass is 10.0. The zero-order valence-electron chi connectivity index (χ0n) is 23.1. The summed E-state index contributed by atoms with van der Waals surface area (Å²) in [5.74, 6) is -3.86. The van der Waals surface area contributed by atoms with Gasteiger partial charge in [-0.1, -0.05) is 26.0 Å². The van der Waals surface area contributed by atoms with Crippen LogP contribution in [0.4, 0.5) is 18.9 Å². The van der Waals surface area contributed by atoms with E-state index in [9.17, 15) is 27.6 Å². The highest BCUT2D eigenvalue weighted by atomic mass is 35.5. The van der Waals surface area contributed by atoms with Gasteiger partial charge in [0.25, 0.3) is 5.91 Å². The monoisotopic (exact) mass is 616 g/mol. The first-order valence-corrected chi connectivity index (χ1v) is 14.1. The van der Waals surface area contributed by atoms with E-state index in [0.29, 0.717) is 25.0 Å². The highest BCUT2D eigenvalue weighted by Gasteiger charge is 2.35. The number of halogens is 4. The molecule has 0 spiro atoms. The van der Waals surface area contributed by atoms with Crippen molar-refractivity contribution in [3.8, 4) is 0 Å². The fourth-order valence-corrected chi connectivity index (χ4v) is 5.43. The number of amides is 2. The van der Waals surface area contributed by atoms with Gasteiger partial charge in [0.1, 0.15) is 11.9 Å². The number of hydrogen-bond donors (Lipinski definition) is 3. The molecule has 1 fully saturated rings. The summed E-state index contributed by atoms with van der Waals surface area (Å²) in [7, 11) is 0. The fraction of sp³-hybridized carbons (Fsp3) is 0.464. The molecule has 0 radical (unpaired) electrons. The van der Waals surface area contributed by atoms with Gasteiger partial charge in [-0.3, -0.25) is 9.59 Å². The number of nitrogens with zero attached hydrogens (tertiary/aromatic N) is 1. The molecule has 1 saturated heterocycles. The van der Waals surface area contributed by atoms with Crippen molar-refractivity contribution in [2.75, 3.05) is 24.2 Å². The van der Waals surface area contributed by atoms with Crippen LogP contribution in [0.5, 0.6) is 0 Å². The molecule has 0 saturated carbocycles. The van der Waals surface area contributed by atoms with Gasteiger partial charge < -0.3 is 26.0 Å². The molecule has 2 aromatic carbocycles. The third kappa shape index (κ3) is 9.54. The Balaban J connectivity index is 0.00000588. The summed E-state index contributed by atoms with van der Waals surface area (Å²) in [4.78, 5) is 39.4. The van der Waals surface area contributed by atoms with Gasteiger partial charge in [-0.05, 0) is 48.6 Å². The van der Waals surface area contributed by atoms with Crippen LogP contribution in [0.1, 0.15) is 38.3 Å². The number of carbonyl (C=O) groups is 3. The van der Waals surface area contributed by atoms with Crippen LogP contribution in [0.3, 0.4) is 0 Å². The molecule has 1 heterocycles. The van der Waals surface area contributed by atoms with E-state index in [4.69, 9.17) is 10.5 Å². The quantitative estimate of drug-likeness (QED) is 0.244. The van der Waals surface area contributed by atoms with Crippen molar-refractivity contribution in [1.29, 1.82) is 0 Å². The Labute approximate surface area is 248 Å². The molecule has 0 aromatic heterocycles. The van der Waals surface area contributed by atoms with Crippen LogP contribution in [-0.2, 0) is 32.1 Å². The van der Waals surface area contributed by atoms with E-state index in [0.717, 1.165) is 17.3 Å². The fourth-order valence-electron chi connectivity index (χ4n) is 4.26. The van der Waals surface area contributed by atoms with Crippen molar-refractivity contribution in [2.45, 2.75) is 57.6 Å². The Morgan fingerprint density at radius 1 is 1.10 bits per heavy atom. The summed E-state index contributed by atoms with van der Waals surface area (Å²) in [5, 5.41) is 5.29. The van der Waals surface area contributed by atoms with Crippen molar-refractivity contribution in [3.05, 3.63) is 65.0 Å². The maximum absolute atomic E-state index is 14.0. The van der Waals surface area contributed by atoms with Crippen LogP contribution in [0.25, 0.3) is 0 Å². The van der Waals surface area contributed by atoms with Gasteiger partial charge in [0, 0.05) is 43.1 Å². The summed E-state index contributed by atoms with van der Waals surface area (Å²) < 4.78 is 45.7. The molecule has 1 aliphatic rings. The molecule has 0 unspecified atom stereocenters. The number of nitrogens with one attached hydrogen (secondary N) is 2. The molecular formula is C28H36ClF3N4O4S. The Bertz CT molecular complexity index is 1210. The van der Waals surface area contributed by atoms with Gasteiger partial charge in [-0.2, -0.15) is 0 Å². The second-order valence-electron chi connectivity index (χ2n) is 9.87. The minimum absolute atomic E-state index is 0. The van der Waals surface area contributed by atoms with E-state index >= 15 is 0 Å². The lowest BCUT2D eigenvalue weighted by Gasteiger charge is -2.24. The van der Waals surface area contributed by atoms with Crippen molar-refractivity contribution in [3.63, 3.8) is 0 Å². The minimum atomic E-state index is -1.30. The molecule has 1 aliphatic heterocycles. The standard InChI is InChI=1S/C28H35F3N4O4S.ClH/c1-4-39-28(38)25(16(2)3)34-20-7-5-17(6-8-20)15-33-26(37)27-35(9-10-40-27)24(36)13-19(32)11-18-12-22(30)23(31)14-21(18)29;/h5-8,12,14,16,19,25,27,34H,4,9-11,13,15,32H2,1-3H3,(H,33,37);1H/t19-,25+,27-;/m1./s1. The Morgan fingerprint density at radius 3 is 2.39 bits per heavy atom. The Hall–Kier alpha value is -2.96. The molecule has 0 aliphatic carbocycles. The topological polar surface area (TPSA) is 114 Å². The number of thioether (sulfide) groups is 1. The summed E-state index contributed by atoms with van der Waals surface area (Å²) in [5.41, 5.74) is 7.46. The number of benzene rings is 2. The summed E-state index contributed by atoms with van der Waals surface area (Å²) in [6, 6.07) is 7.14. The van der Waals surface area contributed by atoms with E-state index in [1.165, 1.54) is 16.7 Å². The third-order valence-electron chi connectivity index (χ3n) is 6.39. The molecule has 2 amide bonds. The smallest absolute Gasteiger partial charge is 0.328 e. The first-order valence-electron chi connectivity index (χ1n) is 13.1. The predicted octanol–water partition coefficient (Wildman–Crippen LogP) is 4.00. The number of carbonyl (C=O) groups excluding carboxylic acids is 3. The van der Waals surface area contributed by atoms with Crippen LogP contribution in [0, 0.1) is 23.4 Å². The average molecular weight is 617 g/mol. The molecular weight excluding hydrogens is 581 g/mol. The Kier molecular flexibility index (Phi) is 13.3. The number of hydrogen-bond acceptors (Lipinski definition) is 7. The summed E-state index contributed by atoms with van der Waals surface area (Å²) >= 11 is 1.32. The van der Waals surface area contributed by atoms with Gasteiger partial charge in [0.05, 0.1) is 6.61 Å². The molecule has 2 aromatic rings. The van der Waals surface area contributed by atoms with E-state index < -0.39 is 34.9 Å². The predicted molar refractivity (Wildman–Crippen MR) is 155 cm³/mol. The molecule has 4 N–H and O–H groups in total. The van der Waals surface area contributed by atoms with Gasteiger partial charge in [-0.15, -0.1) is 24.2 Å². The second-order valence-corrected chi connectivity index (χ2v) is 11.1. The maximum Gasteiger partial charge on any atom is 0.328 e. The first kappa shape index (κ1) is 34.2. The maximum atomic E-state index is 14.0. The zero-order valence-corrected chi connectivity index (χ0v) is 24.8. The first-order chi connectivity index (χ1) is 19.0. The molecule has 3 rings (SSSR count). The summed E-state index contributed by atoms with van der Waals surface area (Å²) in [6.45, 7) is 6.49. The third-order valence-corrected chi connectivity index (χ3v) is 7.60. The van der Waals surface area contributed by atoms with Crippen LogP contribution in [-0.4, -0.2) is 59.0 Å². The Morgan fingerprint density at radius 2 is 1.76 bits per heavy atom. The molecule has 8 nitrogen and oxygen atoms in total. The van der Waals surface area contributed by atoms with E-state index in [2.05, 4.69) is 10.6 Å². The molecule has 41 heavy (non-hydrogen) atoms. The van der Waals surface area contributed by atoms with Crippen molar-refractivity contribution in [1.82, 2.24) is 10.2 Å². The molecule has 3 atom stereocenters. The van der Waals surface area contributed by atoms with Crippen LogP contribution in [0.15, 0.2) is 36.4 Å². The minimum Gasteiger partial charge on any atom is -0.464 e. The van der Waals surface area contributed by atoms with Gasteiger partial charge in [-0.25, -0.2) is 18.0 Å². The van der Waals surface area contributed by atoms with Crippen LogP contribution >= 0.6 is 24.2 Å². The highest BCUT2D eigenvalue weighted by Crippen LogP contribution is 2.26. The average Bonchev–Trinajstić information content (AvgIpc) is 3.40. The number of nitrogens with two attached hydrogens (primary N) is 1. The van der Waals surface area contributed by atoms with Gasteiger partial charge in [0.2, 0.25) is 5.91 Å². The van der Waals surface area contributed by atoms with Crippen LogP contribution < -0.4 is 16.4 Å². The molecule has 13 heteroatoms. The van der Waals surface area contributed by atoms with Gasteiger partial charge >= 0.3 is 5.97 Å². The lowest BCUT2D eigenvalue weighted by Crippen LogP contribution is -2.46. The van der Waals surface area contributed by atoms with Gasteiger partial charge in [0.15, 0.2) is 17.0 Å². The number of anilines is 1. The largest absolute Gasteiger partial charge is 0.464 e. The van der Waals surface area contributed by atoms with Crippen molar-refractivity contribution >= 4 is 47.6 Å².